The monoisotopic (exact) mass is 476 g/mol. The van der Waals surface area contributed by atoms with Gasteiger partial charge in [-0.05, 0) is 62.1 Å². The summed E-state index contributed by atoms with van der Waals surface area (Å²) in [4.78, 5) is 26.8. The van der Waals surface area contributed by atoms with Crippen LogP contribution in [0.4, 0.5) is 4.79 Å². The highest BCUT2D eigenvalue weighted by molar-refractivity contribution is 5.95. The van der Waals surface area contributed by atoms with Crippen LogP contribution in [0.15, 0.2) is 54.6 Å². The molecule has 1 spiro atoms. The molecule has 2 aliphatic rings. The molecule has 0 aliphatic carbocycles. The van der Waals surface area contributed by atoms with Crippen LogP contribution in [0.2, 0.25) is 0 Å². The fourth-order valence-corrected chi connectivity index (χ4v) is 4.45. The molecular formula is C29H36N2O4. The van der Waals surface area contributed by atoms with Crippen LogP contribution in [-0.2, 0) is 4.74 Å². The van der Waals surface area contributed by atoms with Gasteiger partial charge in [-0.15, -0.1) is 0 Å². The number of hydrogen-bond donors (Lipinski definition) is 1. The zero-order valence-electron chi connectivity index (χ0n) is 21.4. The van der Waals surface area contributed by atoms with Crippen molar-refractivity contribution in [2.75, 3.05) is 19.6 Å². The topological polar surface area (TPSA) is 67.9 Å². The Morgan fingerprint density at radius 3 is 2.34 bits per heavy atom. The first-order valence-corrected chi connectivity index (χ1v) is 12.4. The third-order valence-corrected chi connectivity index (χ3v) is 6.29. The molecule has 0 radical (unpaired) electrons. The predicted octanol–water partition coefficient (Wildman–Crippen LogP) is 5.67. The number of carbonyl (C=O) groups is 2. The second kappa shape index (κ2) is 9.76. The van der Waals surface area contributed by atoms with Crippen molar-refractivity contribution in [2.24, 2.45) is 5.92 Å². The molecule has 2 heterocycles. The molecule has 2 amide bonds. The first kappa shape index (κ1) is 24.8. The van der Waals surface area contributed by atoms with E-state index in [0.717, 1.165) is 22.4 Å². The number of nitrogens with one attached hydrogen (secondary N) is 1. The zero-order chi connectivity index (χ0) is 25.2. The molecular weight excluding hydrogens is 440 g/mol. The van der Waals surface area contributed by atoms with Gasteiger partial charge in [0, 0.05) is 43.6 Å². The maximum Gasteiger partial charge on any atom is 0.410 e. The van der Waals surface area contributed by atoms with Crippen LogP contribution in [0.1, 0.15) is 68.9 Å². The smallest absolute Gasteiger partial charge is 0.410 e. The molecule has 2 aliphatic heterocycles. The fourth-order valence-electron chi connectivity index (χ4n) is 4.45. The molecule has 0 aromatic heterocycles. The number of fused-ring (bicyclic) bond motifs is 1. The number of piperidine rings is 1. The van der Waals surface area contributed by atoms with Gasteiger partial charge in [0.05, 0.1) is 0 Å². The van der Waals surface area contributed by atoms with Gasteiger partial charge in [-0.25, -0.2) is 4.79 Å². The summed E-state index contributed by atoms with van der Waals surface area (Å²) in [5.41, 5.74) is 2.80. The van der Waals surface area contributed by atoms with Crippen LogP contribution >= 0.6 is 0 Å². The normalized spacial score (nSPS) is 16.9. The highest BCUT2D eigenvalue weighted by Gasteiger charge is 2.40. The van der Waals surface area contributed by atoms with Crippen molar-refractivity contribution in [3.8, 4) is 5.75 Å². The number of rotatable bonds is 4. The van der Waals surface area contributed by atoms with Gasteiger partial charge in [0.2, 0.25) is 0 Å². The van der Waals surface area contributed by atoms with E-state index < -0.39 is 11.2 Å². The predicted molar refractivity (Wildman–Crippen MR) is 138 cm³/mol. The van der Waals surface area contributed by atoms with E-state index in [0.29, 0.717) is 44.0 Å². The number of benzene rings is 2. The van der Waals surface area contributed by atoms with E-state index >= 15 is 0 Å². The van der Waals surface area contributed by atoms with Crippen molar-refractivity contribution in [3.05, 3.63) is 71.3 Å². The van der Waals surface area contributed by atoms with E-state index in [9.17, 15) is 9.59 Å². The number of hydrogen-bond acceptors (Lipinski definition) is 4. The zero-order valence-corrected chi connectivity index (χ0v) is 21.4. The second-order valence-corrected chi connectivity index (χ2v) is 10.9. The van der Waals surface area contributed by atoms with Crippen molar-refractivity contribution in [1.82, 2.24) is 10.2 Å². The maximum absolute atomic E-state index is 12.6. The SMILES string of the molecule is CC(C)CNC(=O)c1ccc(C2=CC3(CCN(C(=O)OC(C)(C)C)CC3)Oc3ccccc32)cc1. The summed E-state index contributed by atoms with van der Waals surface area (Å²) in [6.07, 6.45) is 3.29. The van der Waals surface area contributed by atoms with Gasteiger partial charge in [0.15, 0.2) is 0 Å². The van der Waals surface area contributed by atoms with E-state index in [4.69, 9.17) is 9.47 Å². The molecule has 2 aromatic rings. The maximum atomic E-state index is 12.6. The Morgan fingerprint density at radius 1 is 1.06 bits per heavy atom. The van der Waals surface area contributed by atoms with E-state index in [1.54, 1.807) is 4.90 Å². The van der Waals surface area contributed by atoms with Gasteiger partial charge >= 0.3 is 6.09 Å². The number of ether oxygens (including phenoxy) is 2. The number of nitrogens with zero attached hydrogens (tertiary/aromatic N) is 1. The Morgan fingerprint density at radius 2 is 1.71 bits per heavy atom. The van der Waals surface area contributed by atoms with Gasteiger partial charge in [0.25, 0.3) is 5.91 Å². The summed E-state index contributed by atoms with van der Waals surface area (Å²) in [5.74, 6) is 1.19. The average Bonchev–Trinajstić information content (AvgIpc) is 2.81. The molecule has 186 valence electrons. The number of para-hydroxylation sites is 1. The summed E-state index contributed by atoms with van der Waals surface area (Å²) in [7, 11) is 0. The number of amides is 2. The summed E-state index contributed by atoms with van der Waals surface area (Å²) < 4.78 is 12.1. The highest BCUT2D eigenvalue weighted by atomic mass is 16.6. The first-order valence-electron chi connectivity index (χ1n) is 12.4. The fraction of sp³-hybridized carbons (Fsp3) is 0.448. The lowest BCUT2D eigenvalue weighted by Gasteiger charge is -2.43. The van der Waals surface area contributed by atoms with Crippen LogP contribution in [0, 0.1) is 5.92 Å². The number of likely N-dealkylation sites (tertiary alicyclic amines) is 1. The van der Waals surface area contributed by atoms with Crippen LogP contribution in [-0.4, -0.2) is 47.7 Å². The van der Waals surface area contributed by atoms with Crippen molar-refractivity contribution < 1.29 is 19.1 Å². The minimum Gasteiger partial charge on any atom is -0.482 e. The van der Waals surface area contributed by atoms with Crippen LogP contribution in [0.3, 0.4) is 0 Å². The molecule has 1 saturated heterocycles. The average molecular weight is 477 g/mol. The molecule has 1 N–H and O–H groups in total. The highest BCUT2D eigenvalue weighted by Crippen LogP contribution is 2.43. The first-order chi connectivity index (χ1) is 16.6. The molecule has 6 nitrogen and oxygen atoms in total. The van der Waals surface area contributed by atoms with Crippen LogP contribution in [0.25, 0.3) is 5.57 Å². The van der Waals surface area contributed by atoms with Gasteiger partial charge in [-0.1, -0.05) is 44.2 Å². The Bertz CT molecular complexity index is 1100. The van der Waals surface area contributed by atoms with Crippen molar-refractivity contribution in [3.63, 3.8) is 0 Å². The van der Waals surface area contributed by atoms with E-state index in [1.165, 1.54) is 0 Å². The largest absolute Gasteiger partial charge is 0.482 e. The molecule has 0 bridgehead atoms. The minimum atomic E-state index is -0.516. The van der Waals surface area contributed by atoms with E-state index in [1.807, 2.05) is 63.2 Å². The van der Waals surface area contributed by atoms with Gasteiger partial charge in [0.1, 0.15) is 17.0 Å². The Kier molecular flexibility index (Phi) is 6.93. The minimum absolute atomic E-state index is 0.0578. The second-order valence-electron chi connectivity index (χ2n) is 10.9. The lowest BCUT2D eigenvalue weighted by atomic mass is 9.83. The molecule has 2 aromatic carbocycles. The lowest BCUT2D eigenvalue weighted by molar-refractivity contribution is -0.00116. The summed E-state index contributed by atoms with van der Waals surface area (Å²) >= 11 is 0. The van der Waals surface area contributed by atoms with Gasteiger partial charge < -0.3 is 19.7 Å². The summed E-state index contributed by atoms with van der Waals surface area (Å²) in [6.45, 7) is 11.6. The van der Waals surface area contributed by atoms with Gasteiger partial charge in [-0.2, -0.15) is 0 Å². The van der Waals surface area contributed by atoms with E-state index in [2.05, 4.69) is 31.3 Å². The van der Waals surface area contributed by atoms with Crippen molar-refractivity contribution >= 4 is 17.6 Å². The van der Waals surface area contributed by atoms with Crippen molar-refractivity contribution in [2.45, 2.75) is 58.7 Å². The summed E-state index contributed by atoms with van der Waals surface area (Å²) in [5, 5.41) is 2.97. The third kappa shape index (κ3) is 5.87. The Balaban J connectivity index is 1.56. The Labute approximate surface area is 208 Å². The molecule has 0 saturated carbocycles. The standard InChI is InChI=1S/C29H36N2O4/c1-20(2)19-30-26(32)22-12-10-21(11-13-22)24-18-29(34-25-9-7-6-8-23(24)25)14-16-31(17-15-29)27(33)35-28(3,4)5/h6-13,18,20H,14-17,19H2,1-5H3,(H,30,32). The van der Waals surface area contributed by atoms with E-state index in [-0.39, 0.29) is 12.0 Å². The lowest BCUT2D eigenvalue weighted by Crippen LogP contribution is -2.50. The third-order valence-electron chi connectivity index (χ3n) is 6.29. The molecule has 6 heteroatoms. The number of carbonyl (C=O) groups excluding carboxylic acids is 2. The summed E-state index contributed by atoms with van der Waals surface area (Å²) in [6, 6.07) is 15.8. The molecule has 35 heavy (non-hydrogen) atoms. The van der Waals surface area contributed by atoms with Crippen molar-refractivity contribution in [1.29, 1.82) is 0 Å². The molecule has 4 rings (SSSR count). The van der Waals surface area contributed by atoms with Gasteiger partial charge in [-0.3, -0.25) is 4.79 Å². The molecule has 0 unspecified atom stereocenters. The van der Waals surface area contributed by atoms with Crippen LogP contribution in [0.5, 0.6) is 5.75 Å². The molecule has 0 atom stereocenters. The molecule has 1 fully saturated rings. The van der Waals surface area contributed by atoms with Crippen LogP contribution < -0.4 is 10.1 Å². The Hall–Kier alpha value is -3.28. The quantitative estimate of drug-likeness (QED) is 0.618.